The van der Waals surface area contributed by atoms with Gasteiger partial charge >= 0.3 is 13.9 Å². The summed E-state index contributed by atoms with van der Waals surface area (Å²) in [5.41, 5.74) is 1.27. The van der Waals surface area contributed by atoms with Gasteiger partial charge in [0.05, 0.1) is 34.0 Å². The topological polar surface area (TPSA) is 130 Å². The highest BCUT2D eigenvalue weighted by Gasteiger charge is 2.50. The third-order valence-electron chi connectivity index (χ3n) is 5.33. The van der Waals surface area contributed by atoms with Gasteiger partial charge in [-0.2, -0.15) is 13.9 Å². The zero-order chi connectivity index (χ0) is 28.5. The van der Waals surface area contributed by atoms with E-state index < -0.39 is 18.8 Å². The Morgan fingerprint density at radius 2 is 1.68 bits per heavy atom. The van der Waals surface area contributed by atoms with Crippen LogP contribution in [-0.4, -0.2) is 53.8 Å². The van der Waals surface area contributed by atoms with Crippen molar-refractivity contribution < 1.29 is 33.1 Å². The van der Waals surface area contributed by atoms with E-state index in [0.717, 1.165) is 6.42 Å². The number of carbonyl (C=O) groups excluding carboxylic acids is 1. The molecule has 0 unspecified atom stereocenters. The summed E-state index contributed by atoms with van der Waals surface area (Å²) in [4.78, 5) is 41.0. The van der Waals surface area contributed by atoms with Gasteiger partial charge in [0, 0.05) is 18.7 Å². The monoisotopic (exact) mass is 551 g/mol. The molecule has 2 aromatic rings. The van der Waals surface area contributed by atoms with E-state index in [-0.39, 0.29) is 60.4 Å². The molecule has 0 aliphatic carbocycles. The Morgan fingerprint density at radius 3 is 2.24 bits per heavy atom. The Labute approximate surface area is 225 Å². The third-order valence-corrected chi connectivity index (χ3v) is 7.44. The molecule has 1 aromatic heterocycles. The van der Waals surface area contributed by atoms with Gasteiger partial charge in [-0.15, -0.1) is 0 Å². The van der Waals surface area contributed by atoms with Crippen molar-refractivity contribution in [1.82, 2.24) is 4.98 Å². The third kappa shape index (κ3) is 8.51. The summed E-state index contributed by atoms with van der Waals surface area (Å²) in [6, 6.07) is 5.88. The fourth-order valence-corrected chi connectivity index (χ4v) is 5.99. The standard InChI is InChI=1S/C27H40N2O8P/c1-8-12-34-13-14-35-27(30)24-20(6)28-21(7)26(25(24)22-10-9-11-23(15-22)29(31)32)38(33,36-16-18(2)3)37-17-19(4)5/h9-11,15,18-19,33H,8,12-14,16-17H2,1-7H3/q+1. The number of carbonyl (C=O) groups is 1. The number of nitro groups is 1. The van der Waals surface area contributed by atoms with E-state index in [0.29, 0.717) is 23.6 Å². The molecule has 0 radical (unpaired) electrons. The molecule has 0 fully saturated rings. The second-order valence-corrected chi connectivity index (χ2v) is 11.8. The molecule has 0 spiro atoms. The maximum Gasteiger partial charge on any atom is 0.448 e. The van der Waals surface area contributed by atoms with Crippen LogP contribution in [-0.2, 0) is 18.5 Å². The highest BCUT2D eigenvalue weighted by atomic mass is 31.2. The van der Waals surface area contributed by atoms with Crippen LogP contribution in [0.2, 0.25) is 0 Å². The van der Waals surface area contributed by atoms with E-state index in [1.165, 1.54) is 18.2 Å². The molecule has 0 aliphatic rings. The molecule has 0 atom stereocenters. The normalized spacial score (nSPS) is 11.8. The molecule has 210 valence electrons. The van der Waals surface area contributed by atoms with Crippen LogP contribution in [0.4, 0.5) is 5.69 Å². The van der Waals surface area contributed by atoms with Crippen LogP contribution in [0.25, 0.3) is 11.1 Å². The van der Waals surface area contributed by atoms with Crippen LogP contribution in [0.1, 0.15) is 62.8 Å². The van der Waals surface area contributed by atoms with Gasteiger partial charge in [-0.25, -0.2) is 4.79 Å². The Morgan fingerprint density at radius 1 is 1.05 bits per heavy atom. The maximum absolute atomic E-state index is 13.4. The molecule has 1 N–H and O–H groups in total. The summed E-state index contributed by atoms with van der Waals surface area (Å²) in [6.45, 7) is 14.3. The van der Waals surface area contributed by atoms with Gasteiger partial charge in [-0.05, 0) is 37.7 Å². The van der Waals surface area contributed by atoms with Crippen LogP contribution in [0.5, 0.6) is 0 Å². The van der Waals surface area contributed by atoms with E-state index in [4.69, 9.17) is 18.5 Å². The molecule has 38 heavy (non-hydrogen) atoms. The predicted molar refractivity (Wildman–Crippen MR) is 148 cm³/mol. The van der Waals surface area contributed by atoms with E-state index in [9.17, 15) is 19.8 Å². The number of benzene rings is 1. The number of hydrogen-bond donors (Lipinski definition) is 1. The molecular weight excluding hydrogens is 511 g/mol. The Bertz CT molecular complexity index is 1090. The molecule has 1 heterocycles. The van der Waals surface area contributed by atoms with Gasteiger partial charge < -0.3 is 9.47 Å². The number of nitrogens with zero attached hydrogens (tertiary/aromatic N) is 2. The van der Waals surface area contributed by atoms with Crippen LogP contribution in [0.15, 0.2) is 24.3 Å². The van der Waals surface area contributed by atoms with E-state index >= 15 is 0 Å². The number of rotatable bonds is 15. The number of aromatic nitrogens is 1. The van der Waals surface area contributed by atoms with Crippen molar-refractivity contribution in [3.63, 3.8) is 0 Å². The number of aryl methyl sites for hydroxylation is 2. The van der Waals surface area contributed by atoms with Crippen LogP contribution < -0.4 is 5.30 Å². The van der Waals surface area contributed by atoms with Gasteiger partial charge in [0.15, 0.2) is 0 Å². The highest BCUT2D eigenvalue weighted by molar-refractivity contribution is 7.69. The zero-order valence-corrected chi connectivity index (χ0v) is 24.2. The quantitative estimate of drug-likeness (QED) is 0.0990. The summed E-state index contributed by atoms with van der Waals surface area (Å²) < 4.78 is 23.0. The Kier molecular flexibility index (Phi) is 12.2. The largest absolute Gasteiger partial charge is 0.460 e. The summed E-state index contributed by atoms with van der Waals surface area (Å²) in [7, 11) is -3.80. The fraction of sp³-hybridized carbons (Fsp3) is 0.556. The number of ether oxygens (including phenoxy) is 2. The second-order valence-electron chi connectivity index (χ2n) is 9.84. The van der Waals surface area contributed by atoms with Crippen LogP contribution in [0, 0.1) is 35.8 Å². The average Bonchev–Trinajstić information content (AvgIpc) is 2.85. The molecular formula is C27H40N2O8P+. The molecule has 0 aliphatic heterocycles. The molecule has 0 bridgehead atoms. The Balaban J connectivity index is 2.79. The summed E-state index contributed by atoms with van der Waals surface area (Å²) in [6.07, 6.45) is 0.838. The number of non-ortho nitro benzene ring substituents is 1. The minimum atomic E-state index is -3.80. The van der Waals surface area contributed by atoms with Crippen molar-refractivity contribution in [2.24, 2.45) is 11.8 Å². The minimum absolute atomic E-state index is 0.0168. The van der Waals surface area contributed by atoms with E-state index in [2.05, 4.69) is 4.98 Å². The molecule has 0 amide bonds. The first-order chi connectivity index (χ1) is 17.9. The highest BCUT2D eigenvalue weighted by Crippen LogP contribution is 2.59. The maximum atomic E-state index is 13.4. The lowest BCUT2D eigenvalue weighted by Gasteiger charge is -2.24. The summed E-state index contributed by atoms with van der Waals surface area (Å²) in [5.74, 6) is -0.523. The Hall–Kier alpha value is -2.49. The molecule has 0 saturated heterocycles. The zero-order valence-electron chi connectivity index (χ0n) is 23.4. The molecule has 10 nitrogen and oxygen atoms in total. The van der Waals surface area contributed by atoms with Crippen molar-refractivity contribution in [3.8, 4) is 11.1 Å². The van der Waals surface area contributed by atoms with Gasteiger partial charge in [-0.1, -0.05) is 46.8 Å². The van der Waals surface area contributed by atoms with E-state index in [1.54, 1.807) is 19.9 Å². The van der Waals surface area contributed by atoms with Crippen LogP contribution in [0.3, 0.4) is 0 Å². The lowest BCUT2D eigenvalue weighted by molar-refractivity contribution is -0.384. The summed E-state index contributed by atoms with van der Waals surface area (Å²) >= 11 is 0. The van der Waals surface area contributed by atoms with E-state index in [1.807, 2.05) is 34.6 Å². The molecule has 11 heteroatoms. The van der Waals surface area contributed by atoms with Gasteiger partial charge in [0.25, 0.3) is 5.69 Å². The lowest BCUT2D eigenvalue weighted by atomic mass is 9.97. The SMILES string of the molecule is CCCOCCOC(=O)c1c(C)nc(C)c([P+](O)(OCC(C)C)OCC(C)C)c1-c1cccc([N+](=O)[O-])c1. The number of esters is 1. The lowest BCUT2D eigenvalue weighted by Crippen LogP contribution is -2.28. The molecule has 2 rings (SSSR count). The van der Waals surface area contributed by atoms with Crippen molar-refractivity contribution >= 4 is 24.9 Å². The van der Waals surface area contributed by atoms with Gasteiger partial charge in [0.2, 0.25) is 5.30 Å². The molecule has 1 aromatic carbocycles. The van der Waals surface area contributed by atoms with Crippen molar-refractivity contribution in [2.75, 3.05) is 33.0 Å². The fourth-order valence-electron chi connectivity index (χ4n) is 3.67. The van der Waals surface area contributed by atoms with Crippen molar-refractivity contribution in [2.45, 2.75) is 54.9 Å². The minimum Gasteiger partial charge on any atom is -0.460 e. The number of nitro benzene ring substituents is 1. The second kappa shape index (κ2) is 14.6. The first-order valence-corrected chi connectivity index (χ1v) is 14.4. The first-order valence-electron chi connectivity index (χ1n) is 12.8. The van der Waals surface area contributed by atoms with Gasteiger partial charge in [-0.3, -0.25) is 15.1 Å². The van der Waals surface area contributed by atoms with Crippen molar-refractivity contribution in [1.29, 1.82) is 0 Å². The summed E-state index contributed by atoms with van der Waals surface area (Å²) in [5, 5.41) is 11.8. The smallest absolute Gasteiger partial charge is 0.448 e. The van der Waals surface area contributed by atoms with Gasteiger partial charge in [0.1, 0.15) is 19.8 Å². The van der Waals surface area contributed by atoms with Crippen LogP contribution >= 0.6 is 7.94 Å². The first kappa shape index (κ1) is 31.7. The number of hydrogen-bond acceptors (Lipinski definition) is 9. The van der Waals surface area contributed by atoms with Crippen molar-refractivity contribution in [3.05, 3.63) is 51.3 Å². The molecule has 0 saturated carbocycles. The number of pyridine rings is 1. The predicted octanol–water partition coefficient (Wildman–Crippen LogP) is 5.58. The average molecular weight is 552 g/mol.